The highest BCUT2D eigenvalue weighted by atomic mass is 16.5. The molecular weight excluding hydrogens is 242 g/mol. The SMILES string of the molecule is CCCC(CC)N1CCOc2c(C(=O)O)cccc21. The van der Waals surface area contributed by atoms with Gasteiger partial charge in [0.1, 0.15) is 12.2 Å². The average molecular weight is 263 g/mol. The summed E-state index contributed by atoms with van der Waals surface area (Å²) >= 11 is 0. The van der Waals surface area contributed by atoms with Crippen LogP contribution in [-0.4, -0.2) is 30.3 Å². The van der Waals surface area contributed by atoms with Crippen molar-refractivity contribution in [3.63, 3.8) is 0 Å². The molecule has 104 valence electrons. The van der Waals surface area contributed by atoms with E-state index in [9.17, 15) is 9.90 Å². The third-order valence-corrected chi connectivity index (χ3v) is 3.65. The maximum absolute atomic E-state index is 11.2. The van der Waals surface area contributed by atoms with Crippen molar-refractivity contribution in [2.75, 3.05) is 18.1 Å². The highest BCUT2D eigenvalue weighted by Gasteiger charge is 2.27. The summed E-state index contributed by atoms with van der Waals surface area (Å²) in [5, 5.41) is 9.23. The molecule has 0 fully saturated rings. The molecule has 1 aromatic carbocycles. The molecule has 1 aromatic rings. The minimum atomic E-state index is -0.928. The predicted molar refractivity (Wildman–Crippen MR) is 75.2 cm³/mol. The van der Waals surface area contributed by atoms with Crippen molar-refractivity contribution in [3.8, 4) is 5.75 Å². The normalized spacial score (nSPS) is 15.6. The molecule has 2 rings (SSSR count). The summed E-state index contributed by atoms with van der Waals surface area (Å²) in [5.74, 6) is -0.405. The van der Waals surface area contributed by atoms with Gasteiger partial charge < -0.3 is 14.7 Å². The van der Waals surface area contributed by atoms with E-state index in [1.165, 1.54) is 0 Å². The number of para-hydroxylation sites is 1. The number of carboxylic acids is 1. The van der Waals surface area contributed by atoms with E-state index in [1.807, 2.05) is 6.07 Å². The number of carbonyl (C=O) groups is 1. The van der Waals surface area contributed by atoms with E-state index in [4.69, 9.17) is 4.74 Å². The van der Waals surface area contributed by atoms with Crippen LogP contribution in [0.15, 0.2) is 18.2 Å². The van der Waals surface area contributed by atoms with E-state index in [2.05, 4.69) is 18.7 Å². The maximum atomic E-state index is 11.2. The number of rotatable bonds is 5. The lowest BCUT2D eigenvalue weighted by Crippen LogP contribution is -2.41. The van der Waals surface area contributed by atoms with Gasteiger partial charge in [-0.05, 0) is 25.0 Å². The predicted octanol–water partition coefficient (Wildman–Crippen LogP) is 3.16. The number of carboxylic acid groups (broad SMARTS) is 1. The van der Waals surface area contributed by atoms with Crippen LogP contribution in [0.2, 0.25) is 0 Å². The first-order chi connectivity index (χ1) is 9.19. The lowest BCUT2D eigenvalue weighted by Gasteiger charge is -2.37. The molecule has 1 N–H and O–H groups in total. The van der Waals surface area contributed by atoms with E-state index in [-0.39, 0.29) is 5.56 Å². The van der Waals surface area contributed by atoms with Crippen LogP contribution in [0.4, 0.5) is 5.69 Å². The molecule has 0 aromatic heterocycles. The zero-order chi connectivity index (χ0) is 13.8. The molecule has 1 aliphatic rings. The van der Waals surface area contributed by atoms with Crippen molar-refractivity contribution in [2.45, 2.75) is 39.2 Å². The van der Waals surface area contributed by atoms with Crippen LogP contribution < -0.4 is 9.64 Å². The van der Waals surface area contributed by atoms with Gasteiger partial charge in [-0.3, -0.25) is 0 Å². The lowest BCUT2D eigenvalue weighted by atomic mass is 10.0. The van der Waals surface area contributed by atoms with Crippen molar-refractivity contribution < 1.29 is 14.6 Å². The molecule has 0 aliphatic carbocycles. The van der Waals surface area contributed by atoms with E-state index < -0.39 is 5.97 Å². The topological polar surface area (TPSA) is 49.8 Å². The minimum Gasteiger partial charge on any atom is -0.489 e. The highest BCUT2D eigenvalue weighted by Crippen LogP contribution is 2.37. The van der Waals surface area contributed by atoms with Gasteiger partial charge in [0.15, 0.2) is 5.75 Å². The first kappa shape index (κ1) is 13.7. The minimum absolute atomic E-state index is 0.258. The highest BCUT2D eigenvalue weighted by molar-refractivity contribution is 5.93. The Labute approximate surface area is 114 Å². The van der Waals surface area contributed by atoms with Gasteiger partial charge >= 0.3 is 5.97 Å². The largest absolute Gasteiger partial charge is 0.489 e. The van der Waals surface area contributed by atoms with Crippen LogP contribution in [0.25, 0.3) is 0 Å². The Bertz CT molecular complexity index is 459. The Morgan fingerprint density at radius 2 is 2.26 bits per heavy atom. The van der Waals surface area contributed by atoms with Crippen molar-refractivity contribution in [3.05, 3.63) is 23.8 Å². The molecule has 4 heteroatoms. The van der Waals surface area contributed by atoms with Crippen LogP contribution in [0.1, 0.15) is 43.5 Å². The van der Waals surface area contributed by atoms with Crippen LogP contribution in [0.5, 0.6) is 5.75 Å². The summed E-state index contributed by atoms with van der Waals surface area (Å²) in [5.41, 5.74) is 1.18. The number of nitrogens with zero attached hydrogens (tertiary/aromatic N) is 1. The molecule has 1 unspecified atom stereocenters. The second-order valence-corrected chi connectivity index (χ2v) is 4.85. The third kappa shape index (κ3) is 2.67. The number of fused-ring (bicyclic) bond motifs is 1. The van der Waals surface area contributed by atoms with Crippen LogP contribution in [0, 0.1) is 0 Å². The zero-order valence-electron chi connectivity index (χ0n) is 11.6. The van der Waals surface area contributed by atoms with Crippen LogP contribution >= 0.6 is 0 Å². The fourth-order valence-electron chi connectivity index (χ4n) is 2.73. The fraction of sp³-hybridized carbons (Fsp3) is 0.533. The number of hydrogen-bond acceptors (Lipinski definition) is 3. The molecule has 0 radical (unpaired) electrons. The van der Waals surface area contributed by atoms with Crippen molar-refractivity contribution in [1.29, 1.82) is 0 Å². The summed E-state index contributed by atoms with van der Waals surface area (Å²) in [4.78, 5) is 13.5. The summed E-state index contributed by atoms with van der Waals surface area (Å²) in [6.07, 6.45) is 3.31. The molecule has 0 spiro atoms. The molecule has 4 nitrogen and oxygen atoms in total. The number of hydrogen-bond donors (Lipinski definition) is 1. The molecule has 0 saturated carbocycles. The summed E-state index contributed by atoms with van der Waals surface area (Å²) in [7, 11) is 0. The van der Waals surface area contributed by atoms with Gasteiger partial charge in [-0.1, -0.05) is 26.3 Å². The third-order valence-electron chi connectivity index (χ3n) is 3.65. The van der Waals surface area contributed by atoms with Crippen LogP contribution in [0.3, 0.4) is 0 Å². The summed E-state index contributed by atoms with van der Waals surface area (Å²) in [6, 6.07) is 5.81. The number of ether oxygens (including phenoxy) is 1. The Balaban J connectivity index is 2.39. The Morgan fingerprint density at radius 3 is 2.89 bits per heavy atom. The Kier molecular flexibility index (Phi) is 4.30. The smallest absolute Gasteiger partial charge is 0.339 e. The zero-order valence-corrected chi connectivity index (χ0v) is 11.6. The standard InChI is InChI=1S/C15H21NO3/c1-3-6-11(4-2)16-9-10-19-14-12(15(17)18)7-5-8-13(14)16/h5,7-8,11H,3-4,6,9-10H2,1-2H3,(H,17,18). The monoisotopic (exact) mass is 263 g/mol. The molecule has 0 bridgehead atoms. The first-order valence-corrected chi connectivity index (χ1v) is 6.94. The first-order valence-electron chi connectivity index (χ1n) is 6.94. The molecule has 1 atom stereocenters. The maximum Gasteiger partial charge on any atom is 0.339 e. The van der Waals surface area contributed by atoms with Gasteiger partial charge in [-0.25, -0.2) is 4.79 Å². The summed E-state index contributed by atoms with van der Waals surface area (Å²) in [6.45, 7) is 5.74. The number of aromatic carboxylic acids is 1. The number of anilines is 1. The molecule has 1 heterocycles. The second kappa shape index (κ2) is 5.95. The molecule has 0 amide bonds. The van der Waals surface area contributed by atoms with Gasteiger partial charge in [-0.2, -0.15) is 0 Å². The number of benzene rings is 1. The van der Waals surface area contributed by atoms with E-state index in [0.717, 1.165) is 31.5 Å². The Morgan fingerprint density at radius 1 is 1.47 bits per heavy atom. The van der Waals surface area contributed by atoms with Crippen molar-refractivity contribution in [1.82, 2.24) is 0 Å². The van der Waals surface area contributed by atoms with E-state index in [1.54, 1.807) is 12.1 Å². The molecule has 0 saturated heterocycles. The molecule has 1 aliphatic heterocycles. The van der Waals surface area contributed by atoms with Gasteiger partial charge in [0.05, 0.1) is 12.2 Å². The lowest BCUT2D eigenvalue weighted by molar-refractivity contribution is 0.0692. The average Bonchev–Trinajstić information content (AvgIpc) is 2.43. The molecule has 19 heavy (non-hydrogen) atoms. The molecular formula is C15H21NO3. The quantitative estimate of drug-likeness (QED) is 0.886. The van der Waals surface area contributed by atoms with E-state index >= 15 is 0 Å². The van der Waals surface area contributed by atoms with Crippen molar-refractivity contribution in [2.24, 2.45) is 0 Å². The fourth-order valence-corrected chi connectivity index (χ4v) is 2.73. The van der Waals surface area contributed by atoms with Gasteiger partial charge in [0.2, 0.25) is 0 Å². The van der Waals surface area contributed by atoms with Crippen LogP contribution in [-0.2, 0) is 0 Å². The van der Waals surface area contributed by atoms with Gasteiger partial charge in [0.25, 0.3) is 0 Å². The van der Waals surface area contributed by atoms with Crippen molar-refractivity contribution >= 4 is 11.7 Å². The summed E-state index contributed by atoms with van der Waals surface area (Å²) < 4.78 is 5.60. The van der Waals surface area contributed by atoms with E-state index in [0.29, 0.717) is 18.4 Å². The second-order valence-electron chi connectivity index (χ2n) is 4.85. The van der Waals surface area contributed by atoms with Gasteiger partial charge in [-0.15, -0.1) is 0 Å². The Hall–Kier alpha value is -1.71. The van der Waals surface area contributed by atoms with Gasteiger partial charge in [0, 0.05) is 6.04 Å².